The normalized spacial score (nSPS) is 13.1. The topological polar surface area (TPSA) is 64.6 Å². The molecule has 1 N–H and O–H groups in total. The fraction of sp³-hybridized carbons (Fsp3) is 0.529. The van der Waals surface area contributed by atoms with Gasteiger partial charge >= 0.3 is 5.97 Å². The van der Waals surface area contributed by atoms with Crippen LogP contribution in [0.5, 0.6) is 5.75 Å². The number of aryl methyl sites for hydroxylation is 1. The van der Waals surface area contributed by atoms with E-state index in [1.54, 1.807) is 6.92 Å². The Bertz CT molecular complexity index is 498. The summed E-state index contributed by atoms with van der Waals surface area (Å²) in [5, 5.41) is 2.70. The Kier molecular flexibility index (Phi) is 6.89. The molecule has 0 spiro atoms. The Balaban J connectivity index is 2.58. The smallest absolute Gasteiger partial charge is 0.331 e. The Morgan fingerprint density at radius 1 is 1.18 bits per heavy atom. The highest BCUT2D eigenvalue weighted by Gasteiger charge is 2.35. The van der Waals surface area contributed by atoms with E-state index in [9.17, 15) is 9.59 Å². The molecule has 0 heterocycles. The van der Waals surface area contributed by atoms with Gasteiger partial charge in [0, 0.05) is 0 Å². The summed E-state index contributed by atoms with van der Waals surface area (Å²) in [5.41, 5.74) is 0.189. The van der Waals surface area contributed by atoms with Gasteiger partial charge in [-0.05, 0) is 37.5 Å². The molecule has 0 saturated carbocycles. The first-order chi connectivity index (χ1) is 10.4. The van der Waals surface area contributed by atoms with Crippen LogP contribution in [0.15, 0.2) is 24.3 Å². The molecule has 1 amide bonds. The number of amides is 1. The largest absolute Gasteiger partial charge is 0.484 e. The molecule has 1 aromatic carbocycles. The van der Waals surface area contributed by atoms with Crippen LogP contribution in [-0.4, -0.2) is 31.1 Å². The van der Waals surface area contributed by atoms with E-state index in [1.165, 1.54) is 12.7 Å². The van der Waals surface area contributed by atoms with Crippen LogP contribution in [0.4, 0.5) is 0 Å². The van der Waals surface area contributed by atoms with Crippen molar-refractivity contribution in [2.45, 2.75) is 45.6 Å². The van der Waals surface area contributed by atoms with E-state index in [4.69, 9.17) is 9.47 Å². The first kappa shape index (κ1) is 18.0. The molecule has 0 bridgehead atoms. The Hall–Kier alpha value is -2.04. The van der Waals surface area contributed by atoms with E-state index in [1.807, 2.05) is 31.2 Å². The van der Waals surface area contributed by atoms with E-state index in [0.29, 0.717) is 12.2 Å². The van der Waals surface area contributed by atoms with Gasteiger partial charge in [0.05, 0.1) is 7.11 Å². The van der Waals surface area contributed by atoms with E-state index in [0.717, 1.165) is 12.8 Å². The summed E-state index contributed by atoms with van der Waals surface area (Å²) in [5.74, 6) is -0.168. The van der Waals surface area contributed by atoms with Crippen molar-refractivity contribution < 1.29 is 19.1 Å². The van der Waals surface area contributed by atoms with E-state index < -0.39 is 11.5 Å². The highest BCUT2D eigenvalue weighted by Crippen LogP contribution is 2.15. The molecule has 22 heavy (non-hydrogen) atoms. The maximum Gasteiger partial charge on any atom is 0.331 e. The Morgan fingerprint density at radius 2 is 1.82 bits per heavy atom. The fourth-order valence-electron chi connectivity index (χ4n) is 2.25. The summed E-state index contributed by atoms with van der Waals surface area (Å²) in [7, 11) is 1.31. The zero-order valence-corrected chi connectivity index (χ0v) is 13.8. The van der Waals surface area contributed by atoms with Crippen LogP contribution in [0, 0.1) is 0 Å². The molecule has 0 aromatic heterocycles. The fourth-order valence-corrected chi connectivity index (χ4v) is 2.25. The summed E-state index contributed by atoms with van der Waals surface area (Å²) in [6.07, 6.45) is 2.22. The number of rotatable bonds is 8. The average Bonchev–Trinajstić information content (AvgIpc) is 2.52. The standard InChI is InChI=1S/C17H25NO4/c1-5-11-17(3,16(20)21-4)18-15(19)12-22-14-9-7-13(6-2)8-10-14/h7-10H,5-6,11-12H2,1-4H3,(H,18,19). The van der Waals surface area contributed by atoms with E-state index >= 15 is 0 Å². The lowest BCUT2D eigenvalue weighted by atomic mass is 9.96. The van der Waals surface area contributed by atoms with Crippen molar-refractivity contribution in [3.63, 3.8) is 0 Å². The van der Waals surface area contributed by atoms with Crippen LogP contribution in [0.3, 0.4) is 0 Å². The zero-order chi connectivity index (χ0) is 16.6. The second-order valence-corrected chi connectivity index (χ2v) is 5.41. The van der Waals surface area contributed by atoms with Gasteiger partial charge in [0.25, 0.3) is 5.91 Å². The molecule has 1 unspecified atom stereocenters. The van der Waals surface area contributed by atoms with Crippen molar-refractivity contribution in [3.05, 3.63) is 29.8 Å². The lowest BCUT2D eigenvalue weighted by Crippen LogP contribution is -2.53. The van der Waals surface area contributed by atoms with Crippen molar-refractivity contribution in [3.8, 4) is 5.75 Å². The number of esters is 1. The van der Waals surface area contributed by atoms with Gasteiger partial charge in [0.1, 0.15) is 11.3 Å². The summed E-state index contributed by atoms with van der Waals surface area (Å²) < 4.78 is 10.2. The molecule has 5 nitrogen and oxygen atoms in total. The molecule has 0 saturated heterocycles. The van der Waals surface area contributed by atoms with Crippen molar-refractivity contribution in [1.82, 2.24) is 5.32 Å². The lowest BCUT2D eigenvalue weighted by molar-refractivity contribution is -0.150. The maximum atomic E-state index is 12.0. The molecule has 0 aliphatic carbocycles. The molecular formula is C17H25NO4. The number of hydrogen-bond donors (Lipinski definition) is 1. The predicted octanol–water partition coefficient (Wildman–Crippen LogP) is 2.48. The molecule has 1 aromatic rings. The monoisotopic (exact) mass is 307 g/mol. The average molecular weight is 307 g/mol. The molecule has 122 valence electrons. The van der Waals surface area contributed by atoms with E-state index in [-0.39, 0.29) is 12.5 Å². The van der Waals surface area contributed by atoms with Gasteiger partial charge in [0.2, 0.25) is 0 Å². The van der Waals surface area contributed by atoms with Crippen LogP contribution in [0.1, 0.15) is 39.2 Å². The third kappa shape index (κ3) is 5.06. The SMILES string of the molecule is CCCC(C)(NC(=O)COc1ccc(CC)cc1)C(=O)OC. The molecule has 0 aliphatic rings. The van der Waals surface area contributed by atoms with Crippen molar-refractivity contribution >= 4 is 11.9 Å². The molecular weight excluding hydrogens is 282 g/mol. The molecule has 0 fully saturated rings. The predicted molar refractivity (Wildman–Crippen MR) is 84.8 cm³/mol. The van der Waals surface area contributed by atoms with Gasteiger partial charge in [-0.15, -0.1) is 0 Å². The minimum Gasteiger partial charge on any atom is -0.484 e. The number of nitrogens with one attached hydrogen (secondary N) is 1. The van der Waals surface area contributed by atoms with Crippen LogP contribution < -0.4 is 10.1 Å². The van der Waals surface area contributed by atoms with E-state index in [2.05, 4.69) is 12.2 Å². The summed E-state index contributed by atoms with van der Waals surface area (Å²) in [4.78, 5) is 23.8. The summed E-state index contributed by atoms with van der Waals surface area (Å²) in [6.45, 7) is 5.54. The van der Waals surface area contributed by atoms with Crippen molar-refractivity contribution in [2.75, 3.05) is 13.7 Å². The number of methoxy groups -OCH3 is 1. The van der Waals surface area contributed by atoms with Gasteiger partial charge in [-0.3, -0.25) is 4.79 Å². The van der Waals surface area contributed by atoms with Crippen LogP contribution in [0.25, 0.3) is 0 Å². The number of hydrogen-bond acceptors (Lipinski definition) is 4. The first-order valence-electron chi connectivity index (χ1n) is 7.56. The zero-order valence-electron chi connectivity index (χ0n) is 13.8. The molecule has 1 atom stereocenters. The van der Waals surface area contributed by atoms with Crippen LogP contribution in [0.2, 0.25) is 0 Å². The summed E-state index contributed by atoms with van der Waals surface area (Å²) >= 11 is 0. The van der Waals surface area contributed by atoms with Gasteiger partial charge in [-0.1, -0.05) is 32.4 Å². The Labute approximate surface area is 132 Å². The summed E-state index contributed by atoms with van der Waals surface area (Å²) in [6, 6.07) is 7.58. The van der Waals surface area contributed by atoms with Gasteiger partial charge in [-0.2, -0.15) is 0 Å². The molecule has 1 rings (SSSR count). The second kappa shape index (κ2) is 8.41. The second-order valence-electron chi connectivity index (χ2n) is 5.41. The highest BCUT2D eigenvalue weighted by atomic mass is 16.5. The minimum atomic E-state index is -1.02. The number of benzene rings is 1. The van der Waals surface area contributed by atoms with Gasteiger partial charge in [-0.25, -0.2) is 4.79 Å². The quantitative estimate of drug-likeness (QED) is 0.749. The molecule has 5 heteroatoms. The third-order valence-corrected chi connectivity index (χ3v) is 3.50. The number of ether oxygens (including phenoxy) is 2. The minimum absolute atomic E-state index is 0.137. The molecule has 0 radical (unpaired) electrons. The van der Waals surface area contributed by atoms with Crippen LogP contribution >= 0.6 is 0 Å². The lowest BCUT2D eigenvalue weighted by Gasteiger charge is -2.27. The Morgan fingerprint density at radius 3 is 2.32 bits per heavy atom. The van der Waals surface area contributed by atoms with Crippen molar-refractivity contribution in [2.24, 2.45) is 0 Å². The van der Waals surface area contributed by atoms with Crippen LogP contribution in [-0.2, 0) is 20.7 Å². The molecule has 0 aliphatic heterocycles. The first-order valence-corrected chi connectivity index (χ1v) is 7.56. The maximum absolute atomic E-state index is 12.0. The van der Waals surface area contributed by atoms with Crippen molar-refractivity contribution in [1.29, 1.82) is 0 Å². The van der Waals surface area contributed by atoms with Gasteiger partial charge in [0.15, 0.2) is 6.61 Å². The third-order valence-electron chi connectivity index (χ3n) is 3.50. The highest BCUT2D eigenvalue weighted by molar-refractivity contribution is 5.88. The number of carbonyl (C=O) groups excluding carboxylic acids is 2. The number of carbonyl (C=O) groups is 2. The van der Waals surface area contributed by atoms with Gasteiger partial charge < -0.3 is 14.8 Å².